The van der Waals surface area contributed by atoms with Gasteiger partial charge >= 0.3 is 5.97 Å². The van der Waals surface area contributed by atoms with Gasteiger partial charge in [-0.3, -0.25) is 9.78 Å². The molecule has 0 aliphatic rings. The van der Waals surface area contributed by atoms with Crippen LogP contribution < -0.4 is 5.73 Å². The Bertz CT molecular complexity index is 330. The highest BCUT2D eigenvalue weighted by molar-refractivity contribution is 5.78. The lowest BCUT2D eigenvalue weighted by Crippen LogP contribution is -2.46. The van der Waals surface area contributed by atoms with Gasteiger partial charge in [0.2, 0.25) is 0 Å². The fourth-order valence-electron chi connectivity index (χ4n) is 1.10. The number of pyridine rings is 1. The fourth-order valence-corrected chi connectivity index (χ4v) is 1.10. The van der Waals surface area contributed by atoms with Crippen LogP contribution >= 0.6 is 0 Å². The minimum atomic E-state index is -1.23. The van der Waals surface area contributed by atoms with Crippen molar-refractivity contribution in [2.24, 2.45) is 5.73 Å². The second kappa shape index (κ2) is 3.75. The summed E-state index contributed by atoms with van der Waals surface area (Å²) in [5.74, 6) is -1.00. The van der Waals surface area contributed by atoms with Gasteiger partial charge in [-0.1, -0.05) is 6.07 Å². The van der Waals surface area contributed by atoms with Crippen LogP contribution in [0.1, 0.15) is 18.2 Å². The van der Waals surface area contributed by atoms with Crippen LogP contribution in [0.5, 0.6) is 0 Å². The molecule has 0 amide bonds. The summed E-state index contributed by atoms with van der Waals surface area (Å²) >= 11 is 0. The lowest BCUT2D eigenvalue weighted by atomic mass is 9.95. The topological polar surface area (TPSA) is 76.2 Å². The molecule has 0 bridgehead atoms. The Morgan fingerprint density at radius 3 is 2.71 bits per heavy atom. The molecule has 1 rings (SSSR count). The molecule has 1 aromatic rings. The zero-order valence-electron chi connectivity index (χ0n) is 8.32. The third-order valence-corrected chi connectivity index (χ3v) is 2.03. The Morgan fingerprint density at radius 2 is 2.29 bits per heavy atom. The molecule has 1 unspecified atom stereocenters. The predicted octanol–water partition coefficient (Wildman–Crippen LogP) is 0.735. The van der Waals surface area contributed by atoms with Crippen molar-refractivity contribution in [3.8, 4) is 0 Å². The number of aryl methyl sites for hydroxylation is 1. The van der Waals surface area contributed by atoms with E-state index in [9.17, 15) is 4.79 Å². The number of carboxylic acids is 1. The van der Waals surface area contributed by atoms with E-state index in [0.717, 1.165) is 11.3 Å². The average molecular weight is 194 g/mol. The van der Waals surface area contributed by atoms with Gasteiger partial charge in [0.25, 0.3) is 0 Å². The first-order valence-electron chi connectivity index (χ1n) is 4.35. The molecular weight excluding hydrogens is 180 g/mol. The van der Waals surface area contributed by atoms with E-state index < -0.39 is 11.5 Å². The van der Waals surface area contributed by atoms with Crippen LogP contribution in [-0.2, 0) is 11.2 Å². The van der Waals surface area contributed by atoms with Crippen LogP contribution in [0.3, 0.4) is 0 Å². The molecule has 4 nitrogen and oxygen atoms in total. The maximum Gasteiger partial charge on any atom is 0.323 e. The molecule has 0 saturated heterocycles. The van der Waals surface area contributed by atoms with Crippen molar-refractivity contribution in [3.05, 3.63) is 29.6 Å². The van der Waals surface area contributed by atoms with Crippen LogP contribution in [0.25, 0.3) is 0 Å². The van der Waals surface area contributed by atoms with Gasteiger partial charge in [-0.2, -0.15) is 0 Å². The van der Waals surface area contributed by atoms with Crippen molar-refractivity contribution < 1.29 is 9.90 Å². The van der Waals surface area contributed by atoms with Crippen LogP contribution in [0.4, 0.5) is 0 Å². The molecule has 14 heavy (non-hydrogen) atoms. The van der Waals surface area contributed by atoms with Gasteiger partial charge < -0.3 is 10.8 Å². The standard InChI is InChI=1S/C10H14N2O2/c1-7-3-4-8(6-12-7)5-10(2,11)9(13)14/h3-4,6H,5,11H2,1-2H3,(H,13,14). The lowest BCUT2D eigenvalue weighted by molar-refractivity contribution is -0.142. The summed E-state index contributed by atoms with van der Waals surface area (Å²) in [6.45, 7) is 3.37. The number of carbonyl (C=O) groups is 1. The molecule has 0 fully saturated rings. The van der Waals surface area contributed by atoms with Crippen LogP contribution in [0.2, 0.25) is 0 Å². The summed E-state index contributed by atoms with van der Waals surface area (Å²) in [6, 6.07) is 3.68. The first kappa shape index (κ1) is 10.7. The van der Waals surface area contributed by atoms with E-state index in [1.54, 1.807) is 6.20 Å². The van der Waals surface area contributed by atoms with E-state index in [-0.39, 0.29) is 6.42 Å². The van der Waals surface area contributed by atoms with Gasteiger partial charge in [-0.25, -0.2) is 0 Å². The first-order valence-corrected chi connectivity index (χ1v) is 4.35. The van der Waals surface area contributed by atoms with Gasteiger partial charge in [0.1, 0.15) is 5.54 Å². The summed E-state index contributed by atoms with van der Waals surface area (Å²) in [6.07, 6.45) is 1.94. The second-order valence-electron chi connectivity index (χ2n) is 3.71. The predicted molar refractivity (Wildman–Crippen MR) is 52.9 cm³/mol. The van der Waals surface area contributed by atoms with Crippen molar-refractivity contribution >= 4 is 5.97 Å². The summed E-state index contributed by atoms with van der Waals surface area (Å²) in [5, 5.41) is 8.81. The van der Waals surface area contributed by atoms with Gasteiger partial charge in [-0.05, 0) is 25.5 Å². The molecule has 4 heteroatoms. The van der Waals surface area contributed by atoms with E-state index >= 15 is 0 Å². The molecule has 0 saturated carbocycles. The second-order valence-corrected chi connectivity index (χ2v) is 3.71. The molecule has 0 aliphatic heterocycles. The first-order chi connectivity index (χ1) is 6.42. The molecular formula is C10H14N2O2. The Morgan fingerprint density at radius 1 is 1.64 bits per heavy atom. The minimum absolute atomic E-state index is 0.287. The molecule has 0 aliphatic carbocycles. The van der Waals surface area contributed by atoms with E-state index in [1.165, 1.54) is 6.92 Å². The summed E-state index contributed by atoms with van der Waals surface area (Å²) in [5.41, 5.74) is 6.12. The van der Waals surface area contributed by atoms with Crippen LogP contribution in [0.15, 0.2) is 18.3 Å². The molecule has 1 aromatic heterocycles. The Hall–Kier alpha value is -1.42. The Balaban J connectivity index is 2.79. The molecule has 0 spiro atoms. The smallest absolute Gasteiger partial charge is 0.323 e. The van der Waals surface area contributed by atoms with E-state index in [4.69, 9.17) is 10.8 Å². The van der Waals surface area contributed by atoms with Gasteiger partial charge in [0, 0.05) is 18.3 Å². The average Bonchev–Trinajstić information content (AvgIpc) is 2.08. The molecule has 76 valence electrons. The van der Waals surface area contributed by atoms with Gasteiger partial charge in [0.05, 0.1) is 0 Å². The maximum atomic E-state index is 10.7. The highest BCUT2D eigenvalue weighted by Crippen LogP contribution is 2.10. The summed E-state index contributed by atoms with van der Waals surface area (Å²) < 4.78 is 0. The monoisotopic (exact) mass is 194 g/mol. The van der Waals surface area contributed by atoms with Crippen molar-refractivity contribution in [1.82, 2.24) is 4.98 Å². The molecule has 0 aromatic carbocycles. The fraction of sp³-hybridized carbons (Fsp3) is 0.400. The Kier molecular flexibility index (Phi) is 2.86. The number of aromatic nitrogens is 1. The normalized spacial score (nSPS) is 14.8. The Labute approximate surface area is 82.8 Å². The summed E-state index contributed by atoms with van der Waals surface area (Å²) in [7, 11) is 0. The largest absolute Gasteiger partial charge is 0.480 e. The highest BCUT2D eigenvalue weighted by Gasteiger charge is 2.27. The minimum Gasteiger partial charge on any atom is -0.480 e. The van der Waals surface area contributed by atoms with Crippen molar-refractivity contribution in [1.29, 1.82) is 0 Å². The molecule has 1 atom stereocenters. The number of rotatable bonds is 3. The van der Waals surface area contributed by atoms with Gasteiger partial charge in [-0.15, -0.1) is 0 Å². The van der Waals surface area contributed by atoms with Crippen LogP contribution in [0, 0.1) is 6.92 Å². The summed E-state index contributed by atoms with van der Waals surface area (Å²) in [4.78, 5) is 14.8. The quantitative estimate of drug-likeness (QED) is 0.743. The number of aliphatic carboxylic acids is 1. The zero-order chi connectivity index (χ0) is 10.8. The number of carboxylic acid groups (broad SMARTS) is 1. The third-order valence-electron chi connectivity index (χ3n) is 2.03. The van der Waals surface area contributed by atoms with E-state index in [2.05, 4.69) is 4.98 Å². The lowest BCUT2D eigenvalue weighted by Gasteiger charge is -2.18. The van der Waals surface area contributed by atoms with Crippen molar-refractivity contribution in [3.63, 3.8) is 0 Å². The van der Waals surface area contributed by atoms with Crippen molar-refractivity contribution in [2.75, 3.05) is 0 Å². The number of nitrogens with zero attached hydrogens (tertiary/aromatic N) is 1. The van der Waals surface area contributed by atoms with E-state index in [1.807, 2.05) is 19.1 Å². The molecule has 1 heterocycles. The maximum absolute atomic E-state index is 10.7. The number of hydrogen-bond donors (Lipinski definition) is 2. The van der Waals surface area contributed by atoms with E-state index in [0.29, 0.717) is 0 Å². The van der Waals surface area contributed by atoms with Crippen LogP contribution in [-0.4, -0.2) is 21.6 Å². The van der Waals surface area contributed by atoms with Crippen molar-refractivity contribution in [2.45, 2.75) is 25.8 Å². The third kappa shape index (κ3) is 2.53. The molecule has 3 N–H and O–H groups in total. The zero-order valence-corrected chi connectivity index (χ0v) is 8.32. The number of nitrogens with two attached hydrogens (primary N) is 1. The highest BCUT2D eigenvalue weighted by atomic mass is 16.4. The SMILES string of the molecule is Cc1ccc(CC(C)(N)C(=O)O)cn1. The number of hydrogen-bond acceptors (Lipinski definition) is 3. The molecule has 0 radical (unpaired) electrons. The van der Waals surface area contributed by atoms with Gasteiger partial charge in [0.15, 0.2) is 0 Å².